The van der Waals surface area contributed by atoms with Crippen LogP contribution in [0.5, 0.6) is 0 Å². The lowest BCUT2D eigenvalue weighted by atomic mass is 10.2. The zero-order chi connectivity index (χ0) is 17.1. The molecule has 124 valence electrons. The highest BCUT2D eigenvalue weighted by molar-refractivity contribution is 6.31. The largest absolute Gasteiger partial charge is 0.322 e. The van der Waals surface area contributed by atoms with Crippen molar-refractivity contribution in [3.63, 3.8) is 0 Å². The van der Waals surface area contributed by atoms with Crippen LogP contribution in [0.4, 0.5) is 10.1 Å². The molecule has 0 unspecified atom stereocenters. The van der Waals surface area contributed by atoms with E-state index in [1.54, 1.807) is 23.1 Å². The average Bonchev–Trinajstić information content (AvgIpc) is 3.11. The zero-order valence-electron chi connectivity index (χ0n) is 12.3. The minimum Gasteiger partial charge on any atom is -0.322 e. The summed E-state index contributed by atoms with van der Waals surface area (Å²) < 4.78 is 16.1. The van der Waals surface area contributed by atoms with E-state index in [-0.39, 0.29) is 12.5 Å². The fourth-order valence-corrected chi connectivity index (χ4v) is 2.49. The lowest BCUT2D eigenvalue weighted by molar-refractivity contribution is -0.116. The van der Waals surface area contributed by atoms with E-state index in [0.29, 0.717) is 22.3 Å². The van der Waals surface area contributed by atoms with Crippen molar-refractivity contribution in [2.75, 3.05) is 5.32 Å². The topological polar surface area (TPSA) is 64.7 Å². The Morgan fingerprint density at radius 2 is 1.96 bits per heavy atom. The van der Waals surface area contributed by atoms with Gasteiger partial charge in [0, 0.05) is 17.4 Å². The van der Waals surface area contributed by atoms with Crippen molar-refractivity contribution in [2.45, 2.75) is 13.1 Å². The Kier molecular flexibility index (Phi) is 4.82. The lowest BCUT2D eigenvalue weighted by Gasteiger charge is -2.05. The molecule has 0 aliphatic heterocycles. The Labute approximate surface area is 146 Å². The lowest BCUT2D eigenvalue weighted by Crippen LogP contribution is -2.18. The molecule has 0 atom stereocenters. The van der Waals surface area contributed by atoms with Crippen molar-refractivity contribution in [2.24, 2.45) is 0 Å². The summed E-state index contributed by atoms with van der Waals surface area (Å²) in [5.74, 6) is -0.648. The molecule has 24 heavy (non-hydrogen) atoms. The number of halogens is 3. The third kappa shape index (κ3) is 4.12. The van der Waals surface area contributed by atoms with Gasteiger partial charge in [0.1, 0.15) is 12.4 Å². The van der Waals surface area contributed by atoms with Gasteiger partial charge in [-0.15, -0.1) is 0 Å². The van der Waals surface area contributed by atoms with E-state index in [1.807, 2.05) is 0 Å². The number of aromatic nitrogens is 4. The third-order valence-corrected chi connectivity index (χ3v) is 3.72. The van der Waals surface area contributed by atoms with Gasteiger partial charge in [0.2, 0.25) is 5.91 Å². The van der Waals surface area contributed by atoms with Crippen molar-refractivity contribution in [1.29, 1.82) is 0 Å². The van der Waals surface area contributed by atoms with Crippen LogP contribution in [0, 0.1) is 5.82 Å². The van der Waals surface area contributed by atoms with E-state index < -0.39 is 5.82 Å². The molecular formula is C15H12Cl2FN5O. The molecule has 0 spiro atoms. The molecule has 0 radical (unpaired) electrons. The molecule has 1 aromatic carbocycles. The first-order chi connectivity index (χ1) is 11.5. The number of carbonyl (C=O) groups excluding carboxylic acids is 1. The van der Waals surface area contributed by atoms with Gasteiger partial charge in [-0.3, -0.25) is 14.2 Å². The number of nitrogens with one attached hydrogen (secondary N) is 1. The van der Waals surface area contributed by atoms with Gasteiger partial charge < -0.3 is 5.32 Å². The smallest absolute Gasteiger partial charge is 0.246 e. The van der Waals surface area contributed by atoms with Gasteiger partial charge in [0.25, 0.3) is 0 Å². The normalized spacial score (nSPS) is 10.8. The number of hydrogen-bond acceptors (Lipinski definition) is 3. The van der Waals surface area contributed by atoms with Crippen LogP contribution >= 0.6 is 23.2 Å². The summed E-state index contributed by atoms with van der Waals surface area (Å²) in [5.41, 5.74) is 1.27. The summed E-state index contributed by atoms with van der Waals surface area (Å²) in [6.07, 6.45) is 6.19. The zero-order valence-corrected chi connectivity index (χ0v) is 13.8. The Morgan fingerprint density at radius 3 is 2.67 bits per heavy atom. The second kappa shape index (κ2) is 7.02. The Bertz CT molecular complexity index is 876. The van der Waals surface area contributed by atoms with Crippen LogP contribution in [0.3, 0.4) is 0 Å². The van der Waals surface area contributed by atoms with Crippen LogP contribution in [-0.4, -0.2) is 25.5 Å². The molecule has 0 saturated heterocycles. The molecule has 1 N–H and O–H groups in total. The maximum absolute atomic E-state index is 13.0. The average molecular weight is 368 g/mol. The minimum atomic E-state index is -0.393. The van der Waals surface area contributed by atoms with E-state index in [4.69, 9.17) is 23.2 Å². The summed E-state index contributed by atoms with van der Waals surface area (Å²) in [6.45, 7) is 0.408. The molecule has 0 fully saturated rings. The third-order valence-electron chi connectivity index (χ3n) is 3.17. The predicted octanol–water partition coefficient (Wildman–Crippen LogP) is 3.21. The summed E-state index contributed by atoms with van der Waals surface area (Å²) in [5, 5.41) is 11.6. The molecule has 0 aliphatic rings. The first-order valence-electron chi connectivity index (χ1n) is 6.94. The van der Waals surface area contributed by atoms with Crippen molar-refractivity contribution >= 4 is 34.8 Å². The number of amides is 1. The van der Waals surface area contributed by atoms with Crippen LogP contribution in [0.25, 0.3) is 0 Å². The highest BCUT2D eigenvalue weighted by Crippen LogP contribution is 2.18. The highest BCUT2D eigenvalue weighted by Gasteiger charge is 2.08. The number of hydrogen-bond donors (Lipinski definition) is 1. The van der Waals surface area contributed by atoms with Crippen molar-refractivity contribution < 1.29 is 9.18 Å². The molecule has 9 heteroatoms. The Hall–Kier alpha value is -2.38. The quantitative estimate of drug-likeness (QED) is 0.752. The molecular weight excluding hydrogens is 356 g/mol. The highest BCUT2D eigenvalue weighted by atomic mass is 35.5. The molecule has 2 heterocycles. The van der Waals surface area contributed by atoms with Gasteiger partial charge in [0.05, 0.1) is 29.6 Å². The molecule has 0 saturated carbocycles. The van der Waals surface area contributed by atoms with E-state index in [1.165, 1.54) is 29.2 Å². The van der Waals surface area contributed by atoms with E-state index in [2.05, 4.69) is 15.5 Å². The first kappa shape index (κ1) is 16.5. The Morgan fingerprint density at radius 1 is 1.17 bits per heavy atom. The second-order valence-corrected chi connectivity index (χ2v) is 5.91. The van der Waals surface area contributed by atoms with Crippen molar-refractivity contribution in [1.82, 2.24) is 19.6 Å². The molecule has 6 nitrogen and oxygen atoms in total. The maximum atomic E-state index is 13.0. The van der Waals surface area contributed by atoms with E-state index >= 15 is 0 Å². The van der Waals surface area contributed by atoms with Crippen LogP contribution in [0.15, 0.2) is 43.0 Å². The fraction of sp³-hybridized carbons (Fsp3) is 0.133. The molecule has 2 aromatic heterocycles. The molecule has 3 rings (SSSR count). The van der Waals surface area contributed by atoms with Crippen LogP contribution in [0.1, 0.15) is 5.56 Å². The van der Waals surface area contributed by atoms with E-state index in [9.17, 15) is 9.18 Å². The minimum absolute atomic E-state index is 0.0433. The van der Waals surface area contributed by atoms with E-state index in [0.717, 1.165) is 5.56 Å². The van der Waals surface area contributed by atoms with Gasteiger partial charge in [-0.2, -0.15) is 10.2 Å². The number of anilines is 1. The SMILES string of the molecule is O=C(Cn1cc(Cl)cn1)Nc1cnn(Cc2ccc(F)cc2Cl)c1. The van der Waals surface area contributed by atoms with Crippen molar-refractivity contribution in [3.8, 4) is 0 Å². The van der Waals surface area contributed by atoms with Crippen LogP contribution in [-0.2, 0) is 17.9 Å². The first-order valence-corrected chi connectivity index (χ1v) is 7.69. The number of benzene rings is 1. The maximum Gasteiger partial charge on any atom is 0.246 e. The van der Waals surface area contributed by atoms with Crippen LogP contribution in [0.2, 0.25) is 10.0 Å². The predicted molar refractivity (Wildman–Crippen MR) is 88.6 cm³/mol. The number of nitrogens with zero attached hydrogens (tertiary/aromatic N) is 4. The van der Waals surface area contributed by atoms with Gasteiger partial charge >= 0.3 is 0 Å². The number of carbonyl (C=O) groups is 1. The monoisotopic (exact) mass is 367 g/mol. The number of rotatable bonds is 5. The van der Waals surface area contributed by atoms with Crippen LogP contribution < -0.4 is 5.32 Å². The van der Waals surface area contributed by atoms with Gasteiger partial charge in [-0.05, 0) is 17.7 Å². The fourth-order valence-electron chi connectivity index (χ4n) is 2.11. The molecule has 0 bridgehead atoms. The van der Waals surface area contributed by atoms with Gasteiger partial charge in [0.15, 0.2) is 0 Å². The van der Waals surface area contributed by atoms with Crippen molar-refractivity contribution in [3.05, 3.63) is 64.4 Å². The summed E-state index contributed by atoms with van der Waals surface area (Å²) in [6, 6.07) is 4.18. The molecule has 3 aromatic rings. The summed E-state index contributed by atoms with van der Waals surface area (Å²) in [7, 11) is 0. The summed E-state index contributed by atoms with van der Waals surface area (Å²) >= 11 is 11.7. The molecule has 0 aliphatic carbocycles. The Balaban J connectivity index is 1.61. The van der Waals surface area contributed by atoms with Gasteiger partial charge in [-0.25, -0.2) is 4.39 Å². The molecule has 1 amide bonds. The second-order valence-electron chi connectivity index (χ2n) is 5.07. The van der Waals surface area contributed by atoms with Gasteiger partial charge in [-0.1, -0.05) is 29.3 Å². The summed E-state index contributed by atoms with van der Waals surface area (Å²) in [4.78, 5) is 11.9. The standard InChI is InChI=1S/C15H12Cl2FN5O/c16-11-4-19-23(7-11)9-15(24)21-13-5-20-22(8-13)6-10-1-2-12(18)3-14(10)17/h1-5,7-8H,6,9H2,(H,21,24).